The van der Waals surface area contributed by atoms with E-state index in [1.165, 1.54) is 0 Å². The van der Waals surface area contributed by atoms with Gasteiger partial charge in [0.25, 0.3) is 5.91 Å². The van der Waals surface area contributed by atoms with E-state index in [2.05, 4.69) is 19.0 Å². The Balaban J connectivity index is 1.78. The van der Waals surface area contributed by atoms with Crippen LogP contribution in [0.1, 0.15) is 17.5 Å². The third-order valence-electron chi connectivity index (χ3n) is 4.86. The molecule has 0 N–H and O–H groups in total. The third kappa shape index (κ3) is 7.12. The summed E-state index contributed by atoms with van der Waals surface area (Å²) in [6.45, 7) is 2.05. The molecular formula is C27H30N2O2. The summed E-state index contributed by atoms with van der Waals surface area (Å²) >= 11 is 0. The van der Waals surface area contributed by atoms with Gasteiger partial charge >= 0.3 is 0 Å². The molecular weight excluding hydrogens is 384 g/mol. The number of hydrogen-bond donors (Lipinski definition) is 0. The lowest BCUT2D eigenvalue weighted by atomic mass is 10.1. The van der Waals surface area contributed by atoms with Crippen LogP contribution in [0.5, 0.6) is 5.75 Å². The summed E-state index contributed by atoms with van der Waals surface area (Å²) in [5.41, 5.74) is 2.83. The van der Waals surface area contributed by atoms with Gasteiger partial charge in [-0.1, -0.05) is 66.7 Å². The number of benzene rings is 3. The van der Waals surface area contributed by atoms with Crippen LogP contribution in [0.3, 0.4) is 0 Å². The van der Waals surface area contributed by atoms with E-state index in [1.54, 1.807) is 11.0 Å². The fraction of sp³-hybridized carbons (Fsp3) is 0.222. The summed E-state index contributed by atoms with van der Waals surface area (Å²) < 4.78 is 6.05. The molecule has 0 aliphatic heterocycles. The van der Waals surface area contributed by atoms with Gasteiger partial charge in [0.2, 0.25) is 0 Å². The minimum atomic E-state index is -0.0718. The summed E-state index contributed by atoms with van der Waals surface area (Å²) in [5.74, 6) is 0.750. The number of carbonyl (C=O) groups is 1. The highest BCUT2D eigenvalue weighted by atomic mass is 16.5. The molecule has 160 valence electrons. The summed E-state index contributed by atoms with van der Waals surface area (Å²) in [7, 11) is 4.11. The van der Waals surface area contributed by atoms with Gasteiger partial charge in [0.15, 0.2) is 0 Å². The first-order valence-electron chi connectivity index (χ1n) is 10.6. The van der Waals surface area contributed by atoms with Gasteiger partial charge in [-0.2, -0.15) is 0 Å². The fourth-order valence-corrected chi connectivity index (χ4v) is 3.23. The highest BCUT2D eigenvalue weighted by Crippen LogP contribution is 2.24. The molecule has 0 heterocycles. The first-order valence-corrected chi connectivity index (χ1v) is 10.6. The lowest BCUT2D eigenvalue weighted by Crippen LogP contribution is -2.29. The third-order valence-corrected chi connectivity index (χ3v) is 4.86. The first-order chi connectivity index (χ1) is 15.1. The van der Waals surface area contributed by atoms with Crippen molar-refractivity contribution in [2.24, 2.45) is 0 Å². The van der Waals surface area contributed by atoms with E-state index in [9.17, 15) is 4.79 Å². The molecule has 0 saturated heterocycles. The number of nitrogens with zero attached hydrogens (tertiary/aromatic N) is 2. The minimum Gasteiger partial charge on any atom is -0.493 e. The normalized spacial score (nSPS) is 11.1. The number of anilines is 1. The average molecular weight is 415 g/mol. The van der Waals surface area contributed by atoms with E-state index in [-0.39, 0.29) is 5.91 Å². The Bertz CT molecular complexity index is 969. The van der Waals surface area contributed by atoms with Crippen molar-refractivity contribution < 1.29 is 9.53 Å². The molecule has 4 nitrogen and oxygen atoms in total. The summed E-state index contributed by atoms with van der Waals surface area (Å²) in [4.78, 5) is 17.1. The van der Waals surface area contributed by atoms with Crippen molar-refractivity contribution >= 4 is 17.7 Å². The smallest absolute Gasteiger partial charge is 0.251 e. The Morgan fingerprint density at radius 3 is 2.23 bits per heavy atom. The Kier molecular flexibility index (Phi) is 8.44. The first kappa shape index (κ1) is 22.3. The lowest BCUT2D eigenvalue weighted by molar-refractivity contribution is -0.114. The lowest BCUT2D eigenvalue weighted by Gasteiger charge is -2.23. The molecule has 1 amide bonds. The zero-order valence-corrected chi connectivity index (χ0v) is 18.3. The van der Waals surface area contributed by atoms with Gasteiger partial charge in [-0.25, -0.2) is 0 Å². The second-order valence-corrected chi connectivity index (χ2v) is 7.62. The SMILES string of the molecule is CN(C)CCCOc1ccccc1CN(C(=O)C=Cc1ccccc1)c1ccccc1. The van der Waals surface area contributed by atoms with Crippen LogP contribution in [-0.2, 0) is 11.3 Å². The van der Waals surface area contributed by atoms with E-state index in [1.807, 2.05) is 91.0 Å². The van der Waals surface area contributed by atoms with Crippen molar-refractivity contribution in [1.29, 1.82) is 0 Å². The van der Waals surface area contributed by atoms with Crippen LogP contribution < -0.4 is 9.64 Å². The van der Waals surface area contributed by atoms with E-state index >= 15 is 0 Å². The van der Waals surface area contributed by atoms with Crippen LogP contribution in [-0.4, -0.2) is 38.1 Å². The number of carbonyl (C=O) groups excluding carboxylic acids is 1. The zero-order chi connectivity index (χ0) is 21.9. The molecule has 0 unspecified atom stereocenters. The highest BCUT2D eigenvalue weighted by molar-refractivity contribution is 6.03. The van der Waals surface area contributed by atoms with Gasteiger partial charge in [0.1, 0.15) is 5.75 Å². The molecule has 31 heavy (non-hydrogen) atoms. The van der Waals surface area contributed by atoms with Gasteiger partial charge in [-0.3, -0.25) is 4.79 Å². The molecule has 3 aromatic rings. The number of rotatable bonds is 10. The van der Waals surface area contributed by atoms with Crippen molar-refractivity contribution in [3.63, 3.8) is 0 Å². The molecule has 0 atom stereocenters. The number of amides is 1. The second kappa shape index (κ2) is 11.7. The Labute approximate surface area is 185 Å². The van der Waals surface area contributed by atoms with Gasteiger partial charge in [0, 0.05) is 23.9 Å². The van der Waals surface area contributed by atoms with E-state index in [0.717, 1.165) is 35.5 Å². The van der Waals surface area contributed by atoms with Crippen molar-refractivity contribution in [3.8, 4) is 5.75 Å². The molecule has 0 radical (unpaired) electrons. The molecule has 4 heteroatoms. The van der Waals surface area contributed by atoms with Crippen molar-refractivity contribution in [2.75, 3.05) is 32.1 Å². The highest BCUT2D eigenvalue weighted by Gasteiger charge is 2.16. The monoisotopic (exact) mass is 414 g/mol. The van der Waals surface area contributed by atoms with Crippen molar-refractivity contribution in [3.05, 3.63) is 102 Å². The molecule has 0 aliphatic carbocycles. The predicted molar refractivity (Wildman–Crippen MR) is 128 cm³/mol. The van der Waals surface area contributed by atoms with Crippen LogP contribution in [0.15, 0.2) is 91.0 Å². The summed E-state index contributed by atoms with van der Waals surface area (Å²) in [5, 5.41) is 0. The molecule has 0 aliphatic rings. The quantitative estimate of drug-likeness (QED) is 0.335. The summed E-state index contributed by atoms with van der Waals surface area (Å²) in [6.07, 6.45) is 4.42. The standard InChI is InChI=1S/C27H30N2O2/c1-28(2)20-11-21-31-26-17-10-9-14-24(26)22-29(25-15-7-4-8-16-25)27(30)19-18-23-12-5-3-6-13-23/h3-10,12-19H,11,20-22H2,1-2H3. The topological polar surface area (TPSA) is 32.8 Å². The van der Waals surface area contributed by atoms with Crippen LogP contribution in [0.2, 0.25) is 0 Å². The fourth-order valence-electron chi connectivity index (χ4n) is 3.23. The Hall–Kier alpha value is -3.37. The van der Waals surface area contributed by atoms with Gasteiger partial charge in [0.05, 0.1) is 13.2 Å². The van der Waals surface area contributed by atoms with Crippen LogP contribution in [0.4, 0.5) is 5.69 Å². The molecule has 0 bridgehead atoms. The zero-order valence-electron chi connectivity index (χ0n) is 18.3. The number of hydrogen-bond acceptors (Lipinski definition) is 3. The number of ether oxygens (including phenoxy) is 1. The largest absolute Gasteiger partial charge is 0.493 e. The van der Waals surface area contributed by atoms with E-state index < -0.39 is 0 Å². The van der Waals surface area contributed by atoms with Gasteiger partial charge < -0.3 is 14.5 Å². The number of para-hydroxylation sites is 2. The van der Waals surface area contributed by atoms with Crippen molar-refractivity contribution in [1.82, 2.24) is 4.90 Å². The van der Waals surface area contributed by atoms with Crippen molar-refractivity contribution in [2.45, 2.75) is 13.0 Å². The molecule has 0 aromatic heterocycles. The predicted octanol–water partition coefficient (Wildman–Crippen LogP) is 5.26. The maximum absolute atomic E-state index is 13.2. The molecule has 0 saturated carbocycles. The van der Waals surface area contributed by atoms with Gasteiger partial charge in [-0.05, 0) is 50.4 Å². The molecule has 0 spiro atoms. The van der Waals surface area contributed by atoms with Crippen LogP contribution in [0, 0.1) is 0 Å². The van der Waals surface area contributed by atoms with Crippen LogP contribution in [0.25, 0.3) is 6.08 Å². The van der Waals surface area contributed by atoms with Crippen LogP contribution >= 0.6 is 0 Å². The second-order valence-electron chi connectivity index (χ2n) is 7.62. The minimum absolute atomic E-state index is 0.0718. The maximum atomic E-state index is 13.2. The Morgan fingerprint density at radius 1 is 0.871 bits per heavy atom. The molecule has 0 fully saturated rings. The van der Waals surface area contributed by atoms with E-state index in [4.69, 9.17) is 4.74 Å². The van der Waals surface area contributed by atoms with Gasteiger partial charge in [-0.15, -0.1) is 0 Å². The maximum Gasteiger partial charge on any atom is 0.251 e. The molecule has 3 rings (SSSR count). The summed E-state index contributed by atoms with van der Waals surface area (Å²) in [6, 6.07) is 27.5. The van der Waals surface area contributed by atoms with E-state index in [0.29, 0.717) is 13.2 Å². The average Bonchev–Trinajstić information content (AvgIpc) is 2.80. The Morgan fingerprint density at radius 2 is 1.52 bits per heavy atom. The molecule has 3 aromatic carbocycles.